The summed E-state index contributed by atoms with van der Waals surface area (Å²) in [6, 6.07) is 5.60. The third kappa shape index (κ3) is 4.90. The second-order valence-corrected chi connectivity index (χ2v) is 7.26. The van der Waals surface area contributed by atoms with Gasteiger partial charge in [-0.15, -0.1) is 0 Å². The molecule has 2 heterocycles. The smallest absolute Gasteiger partial charge is 0.281 e. The number of nitrogens with one attached hydrogen (secondary N) is 2. The molecule has 0 atom stereocenters. The average Bonchev–Trinajstić information content (AvgIpc) is 3.13. The minimum absolute atomic E-state index is 0.0645. The van der Waals surface area contributed by atoms with Crippen molar-refractivity contribution in [1.29, 1.82) is 0 Å². The second-order valence-electron chi connectivity index (χ2n) is 7.26. The van der Waals surface area contributed by atoms with Crippen LogP contribution in [0.2, 0.25) is 0 Å². The third-order valence-electron chi connectivity index (χ3n) is 5.08. The lowest BCUT2D eigenvalue weighted by molar-refractivity contribution is -0.117. The van der Waals surface area contributed by atoms with Crippen LogP contribution in [0.3, 0.4) is 0 Å². The topological polar surface area (TPSA) is 96.8 Å². The van der Waals surface area contributed by atoms with Crippen LogP contribution in [-0.2, 0) is 4.79 Å². The molecule has 0 aromatic carbocycles. The molecule has 3 rings (SSSR count). The summed E-state index contributed by atoms with van der Waals surface area (Å²) in [6.07, 6.45) is 3.55. The van der Waals surface area contributed by atoms with E-state index >= 15 is 0 Å². The predicted octanol–water partition coefficient (Wildman–Crippen LogP) is 3.04. The van der Waals surface area contributed by atoms with Gasteiger partial charge >= 0.3 is 0 Å². The number of amides is 1. The minimum Gasteiger partial charge on any atom is -0.402 e. The summed E-state index contributed by atoms with van der Waals surface area (Å²) in [4.78, 5) is 20.2. The van der Waals surface area contributed by atoms with Crippen molar-refractivity contribution in [3.05, 3.63) is 41.4 Å². The molecule has 1 aliphatic carbocycles. The Hall–Kier alpha value is -2.97. The van der Waals surface area contributed by atoms with E-state index in [9.17, 15) is 13.6 Å². The SMILES string of the molecule is CN=C/C(C(=O)NC1CCC(Nc2cccc3nc(C(F)F)cn23)CC1)=C(/C)N. The molecule has 1 aliphatic rings. The fraction of sp³-hybridized carbons (Fsp3) is 0.450. The van der Waals surface area contributed by atoms with Crippen molar-refractivity contribution >= 4 is 23.6 Å². The highest BCUT2D eigenvalue weighted by Crippen LogP contribution is 2.25. The first-order chi connectivity index (χ1) is 13.9. The summed E-state index contributed by atoms with van der Waals surface area (Å²) >= 11 is 0. The van der Waals surface area contributed by atoms with E-state index < -0.39 is 6.43 Å². The van der Waals surface area contributed by atoms with Gasteiger partial charge in [-0.05, 0) is 44.7 Å². The standard InChI is InChI=1S/C20H26F2N6O/c1-12(23)15(10-24-2)20(29)26-14-8-6-13(7-9-14)25-17-4-3-5-18-27-16(19(21)22)11-28(17)18/h3-5,10-11,13-14,19,25H,6-9,23H2,1-2H3,(H,26,29)/b15-12+,24-10?. The van der Waals surface area contributed by atoms with Crippen molar-refractivity contribution in [2.24, 2.45) is 10.7 Å². The molecule has 0 aliphatic heterocycles. The Kier molecular flexibility index (Phi) is 6.46. The third-order valence-corrected chi connectivity index (χ3v) is 5.08. The zero-order valence-electron chi connectivity index (χ0n) is 16.5. The van der Waals surface area contributed by atoms with E-state index in [4.69, 9.17) is 5.73 Å². The normalized spacial score (nSPS) is 20.9. The van der Waals surface area contributed by atoms with E-state index in [1.54, 1.807) is 30.5 Å². The number of alkyl halides is 2. The zero-order chi connectivity index (χ0) is 21.0. The van der Waals surface area contributed by atoms with Crippen LogP contribution in [0.15, 0.2) is 40.7 Å². The van der Waals surface area contributed by atoms with Gasteiger partial charge in [0.2, 0.25) is 0 Å². The van der Waals surface area contributed by atoms with E-state index in [0.717, 1.165) is 31.5 Å². The summed E-state index contributed by atoms with van der Waals surface area (Å²) in [5.74, 6) is 0.521. The van der Waals surface area contributed by atoms with E-state index in [1.807, 2.05) is 6.07 Å². The number of halogens is 2. The molecule has 156 valence electrons. The van der Waals surface area contributed by atoms with Gasteiger partial charge in [-0.3, -0.25) is 14.2 Å². The van der Waals surface area contributed by atoms with Crippen LogP contribution in [-0.4, -0.2) is 40.6 Å². The van der Waals surface area contributed by atoms with Crippen LogP contribution in [0.1, 0.15) is 44.7 Å². The number of allylic oxidation sites excluding steroid dienone is 1. The Morgan fingerprint density at radius 2 is 2.00 bits per heavy atom. The molecule has 4 N–H and O–H groups in total. The Labute approximate surface area is 168 Å². The number of nitrogens with two attached hydrogens (primary N) is 1. The quantitative estimate of drug-likeness (QED) is 0.509. The number of anilines is 1. The van der Waals surface area contributed by atoms with Crippen LogP contribution < -0.4 is 16.4 Å². The fourth-order valence-electron chi connectivity index (χ4n) is 3.58. The number of carbonyl (C=O) groups excluding carboxylic acids is 1. The molecular weight excluding hydrogens is 378 g/mol. The summed E-state index contributed by atoms with van der Waals surface area (Å²) in [7, 11) is 1.60. The maximum absolute atomic E-state index is 12.9. The van der Waals surface area contributed by atoms with Crippen molar-refractivity contribution in [3.8, 4) is 0 Å². The highest BCUT2D eigenvalue weighted by molar-refractivity contribution is 6.12. The lowest BCUT2D eigenvalue weighted by atomic mass is 9.91. The molecule has 0 spiro atoms. The van der Waals surface area contributed by atoms with Crippen molar-refractivity contribution < 1.29 is 13.6 Å². The van der Waals surface area contributed by atoms with Gasteiger partial charge in [0.1, 0.15) is 17.2 Å². The van der Waals surface area contributed by atoms with Gasteiger partial charge in [-0.1, -0.05) is 6.07 Å². The molecule has 2 aromatic rings. The van der Waals surface area contributed by atoms with Gasteiger partial charge in [0.15, 0.2) is 0 Å². The van der Waals surface area contributed by atoms with Gasteiger partial charge in [-0.2, -0.15) is 0 Å². The van der Waals surface area contributed by atoms with E-state index in [0.29, 0.717) is 16.9 Å². The summed E-state index contributed by atoms with van der Waals surface area (Å²) in [5, 5.41) is 6.45. The van der Waals surface area contributed by atoms with Crippen LogP contribution in [0.25, 0.3) is 5.65 Å². The van der Waals surface area contributed by atoms with E-state index in [2.05, 4.69) is 20.6 Å². The summed E-state index contributed by atoms with van der Waals surface area (Å²) < 4.78 is 27.5. The maximum atomic E-state index is 12.9. The molecular formula is C20H26F2N6O. The molecule has 29 heavy (non-hydrogen) atoms. The van der Waals surface area contributed by atoms with Gasteiger partial charge in [0.05, 0.1) is 5.57 Å². The Morgan fingerprint density at radius 3 is 2.62 bits per heavy atom. The summed E-state index contributed by atoms with van der Waals surface area (Å²) in [5.41, 5.74) is 6.83. The van der Waals surface area contributed by atoms with Crippen LogP contribution in [0.4, 0.5) is 14.6 Å². The first-order valence-corrected chi connectivity index (χ1v) is 9.61. The number of rotatable bonds is 6. The minimum atomic E-state index is -2.60. The maximum Gasteiger partial charge on any atom is 0.281 e. The Bertz CT molecular complexity index is 924. The van der Waals surface area contributed by atoms with Crippen molar-refractivity contribution in [1.82, 2.24) is 14.7 Å². The number of nitrogens with zero attached hydrogens (tertiary/aromatic N) is 3. The fourth-order valence-corrected chi connectivity index (χ4v) is 3.58. The molecule has 1 saturated carbocycles. The van der Waals surface area contributed by atoms with Gasteiger partial charge in [-0.25, -0.2) is 13.8 Å². The van der Waals surface area contributed by atoms with Crippen molar-refractivity contribution in [3.63, 3.8) is 0 Å². The molecule has 1 fully saturated rings. The van der Waals surface area contributed by atoms with Crippen LogP contribution >= 0.6 is 0 Å². The number of hydrogen-bond donors (Lipinski definition) is 3. The number of carbonyl (C=O) groups is 1. The average molecular weight is 404 g/mol. The van der Waals surface area contributed by atoms with Gasteiger partial charge in [0, 0.05) is 37.2 Å². The highest BCUT2D eigenvalue weighted by Gasteiger charge is 2.24. The van der Waals surface area contributed by atoms with Crippen LogP contribution in [0.5, 0.6) is 0 Å². The number of imidazole rings is 1. The largest absolute Gasteiger partial charge is 0.402 e. The lowest BCUT2D eigenvalue weighted by Crippen LogP contribution is -2.41. The van der Waals surface area contributed by atoms with Crippen molar-refractivity contribution in [2.75, 3.05) is 12.4 Å². The van der Waals surface area contributed by atoms with Crippen molar-refractivity contribution in [2.45, 2.75) is 51.1 Å². The molecule has 0 saturated heterocycles. The number of hydrogen-bond acceptors (Lipinski definition) is 5. The molecule has 0 bridgehead atoms. The van der Waals surface area contributed by atoms with E-state index in [1.165, 1.54) is 12.4 Å². The first-order valence-electron chi connectivity index (χ1n) is 9.61. The Balaban J connectivity index is 1.60. The number of aromatic nitrogens is 2. The molecule has 2 aromatic heterocycles. The molecule has 1 amide bonds. The highest BCUT2D eigenvalue weighted by atomic mass is 19.3. The van der Waals surface area contributed by atoms with E-state index in [-0.39, 0.29) is 23.7 Å². The predicted molar refractivity (Wildman–Crippen MR) is 109 cm³/mol. The van der Waals surface area contributed by atoms with Crippen LogP contribution in [0, 0.1) is 0 Å². The summed E-state index contributed by atoms with van der Waals surface area (Å²) in [6.45, 7) is 1.67. The molecule has 0 unspecified atom stereocenters. The molecule has 0 radical (unpaired) electrons. The number of fused-ring (bicyclic) bond motifs is 1. The first kappa shape index (κ1) is 20.8. The van der Waals surface area contributed by atoms with Gasteiger partial charge < -0.3 is 16.4 Å². The monoisotopic (exact) mass is 404 g/mol. The zero-order valence-corrected chi connectivity index (χ0v) is 16.5. The Morgan fingerprint density at radius 1 is 1.31 bits per heavy atom. The molecule has 7 nitrogen and oxygen atoms in total. The number of aliphatic imine (C=N–C) groups is 1. The molecule has 9 heteroatoms. The lowest BCUT2D eigenvalue weighted by Gasteiger charge is -2.30. The number of pyridine rings is 1. The second kappa shape index (κ2) is 9.02. The van der Waals surface area contributed by atoms with Gasteiger partial charge in [0.25, 0.3) is 12.3 Å².